The molecule has 2 heterocycles. The van der Waals surface area contributed by atoms with Gasteiger partial charge in [0.05, 0.1) is 11.3 Å². The molecule has 0 aromatic carbocycles. The first-order chi connectivity index (χ1) is 9.45. The molecule has 0 unspecified atom stereocenters. The fourth-order valence-corrected chi connectivity index (χ4v) is 3.61. The van der Waals surface area contributed by atoms with Crippen LogP contribution < -0.4 is 21.7 Å². The molecule has 1 aromatic rings. The van der Waals surface area contributed by atoms with Crippen molar-refractivity contribution in [2.45, 2.75) is 19.8 Å². The van der Waals surface area contributed by atoms with Crippen LogP contribution in [-0.4, -0.2) is 32.0 Å². The summed E-state index contributed by atoms with van der Waals surface area (Å²) in [5, 5.41) is 3.26. The van der Waals surface area contributed by atoms with Gasteiger partial charge >= 0.3 is 0 Å². The van der Waals surface area contributed by atoms with Gasteiger partial charge < -0.3 is 21.7 Å². The standard InChI is InChI=1S/C13H20N4O2S/c1-7-3-5-17(6-4-7)13-8(11(15)18)9(14)10(20-13)12(19)16-2/h7H,3-6,14H2,1-2H3,(H2,15,18)(H,16,19). The molecule has 20 heavy (non-hydrogen) atoms. The van der Waals surface area contributed by atoms with E-state index in [9.17, 15) is 9.59 Å². The molecule has 0 atom stereocenters. The molecule has 5 N–H and O–H groups in total. The lowest BCUT2D eigenvalue weighted by Crippen LogP contribution is -2.33. The van der Waals surface area contributed by atoms with E-state index in [1.54, 1.807) is 0 Å². The van der Waals surface area contributed by atoms with Gasteiger partial charge in [-0.2, -0.15) is 0 Å². The minimum absolute atomic E-state index is 0.190. The van der Waals surface area contributed by atoms with Gasteiger partial charge in [0.15, 0.2) is 0 Å². The van der Waals surface area contributed by atoms with Crippen LogP contribution in [0.25, 0.3) is 0 Å². The summed E-state index contributed by atoms with van der Waals surface area (Å²) in [5.41, 5.74) is 11.8. The van der Waals surface area contributed by atoms with Gasteiger partial charge in [0.2, 0.25) is 0 Å². The van der Waals surface area contributed by atoms with Crippen LogP contribution in [0.3, 0.4) is 0 Å². The molecule has 2 rings (SSSR count). The highest BCUT2D eigenvalue weighted by Gasteiger charge is 2.28. The maximum Gasteiger partial charge on any atom is 0.263 e. The first-order valence-corrected chi connectivity index (χ1v) is 7.46. The largest absolute Gasteiger partial charge is 0.397 e. The number of nitrogen functional groups attached to an aromatic ring is 1. The molecule has 0 bridgehead atoms. The van der Waals surface area contributed by atoms with Crippen LogP contribution in [0.1, 0.15) is 39.8 Å². The molecule has 0 saturated carbocycles. The van der Waals surface area contributed by atoms with Crippen LogP contribution in [0, 0.1) is 5.92 Å². The van der Waals surface area contributed by atoms with Crippen LogP contribution >= 0.6 is 11.3 Å². The zero-order chi connectivity index (χ0) is 14.9. The third kappa shape index (κ3) is 2.58. The van der Waals surface area contributed by atoms with E-state index in [4.69, 9.17) is 11.5 Å². The summed E-state index contributed by atoms with van der Waals surface area (Å²) >= 11 is 1.24. The second kappa shape index (κ2) is 5.70. The quantitative estimate of drug-likeness (QED) is 0.775. The average molecular weight is 296 g/mol. The molecule has 7 heteroatoms. The molecule has 1 aromatic heterocycles. The van der Waals surface area contributed by atoms with Crippen LogP contribution in [0.5, 0.6) is 0 Å². The third-order valence-electron chi connectivity index (χ3n) is 3.68. The van der Waals surface area contributed by atoms with Crippen molar-refractivity contribution in [3.05, 3.63) is 10.4 Å². The number of rotatable bonds is 3. The van der Waals surface area contributed by atoms with E-state index in [0.29, 0.717) is 10.8 Å². The summed E-state index contributed by atoms with van der Waals surface area (Å²) in [6, 6.07) is 0. The lowest BCUT2D eigenvalue weighted by Gasteiger charge is -2.31. The highest BCUT2D eigenvalue weighted by molar-refractivity contribution is 7.19. The minimum atomic E-state index is -0.581. The average Bonchev–Trinajstić information content (AvgIpc) is 2.76. The fourth-order valence-electron chi connectivity index (χ4n) is 2.39. The Balaban J connectivity index is 2.41. The SMILES string of the molecule is CNC(=O)c1sc(N2CCC(C)CC2)c(C(N)=O)c1N. The fraction of sp³-hybridized carbons (Fsp3) is 0.538. The monoisotopic (exact) mass is 296 g/mol. The van der Waals surface area contributed by atoms with Crippen molar-refractivity contribution in [1.82, 2.24) is 5.32 Å². The number of nitrogens with zero attached hydrogens (tertiary/aromatic N) is 1. The number of anilines is 2. The van der Waals surface area contributed by atoms with Crippen molar-refractivity contribution in [2.24, 2.45) is 11.7 Å². The Morgan fingerprint density at radius 2 is 1.95 bits per heavy atom. The van der Waals surface area contributed by atoms with E-state index in [0.717, 1.165) is 30.9 Å². The van der Waals surface area contributed by atoms with E-state index < -0.39 is 5.91 Å². The lowest BCUT2D eigenvalue weighted by atomic mass is 9.99. The highest BCUT2D eigenvalue weighted by Crippen LogP contribution is 2.39. The summed E-state index contributed by atoms with van der Waals surface area (Å²) in [5.74, 6) is -0.187. The number of carbonyl (C=O) groups is 2. The molecular weight excluding hydrogens is 276 g/mol. The number of thiophene rings is 1. The van der Waals surface area contributed by atoms with Gasteiger partial charge in [-0.05, 0) is 18.8 Å². The van der Waals surface area contributed by atoms with Crippen LogP contribution in [0.15, 0.2) is 0 Å². The van der Waals surface area contributed by atoms with Crippen LogP contribution in [0.4, 0.5) is 10.7 Å². The molecule has 0 aliphatic carbocycles. The molecular formula is C13H20N4O2S. The Hall–Kier alpha value is -1.76. The molecule has 6 nitrogen and oxygen atoms in total. The Labute approximate surface area is 122 Å². The van der Waals surface area contributed by atoms with E-state index in [2.05, 4.69) is 17.1 Å². The van der Waals surface area contributed by atoms with E-state index >= 15 is 0 Å². The van der Waals surface area contributed by atoms with Gasteiger partial charge in [-0.25, -0.2) is 0 Å². The molecule has 0 radical (unpaired) electrons. The van der Waals surface area contributed by atoms with Crippen LogP contribution in [0.2, 0.25) is 0 Å². The second-order valence-electron chi connectivity index (χ2n) is 5.14. The Bertz CT molecular complexity index is 533. The van der Waals surface area contributed by atoms with E-state index in [1.165, 1.54) is 18.4 Å². The molecule has 0 spiro atoms. The summed E-state index contributed by atoms with van der Waals surface area (Å²) in [6.45, 7) is 3.92. The number of nitrogens with two attached hydrogens (primary N) is 2. The van der Waals surface area contributed by atoms with Gasteiger partial charge in [0, 0.05) is 20.1 Å². The summed E-state index contributed by atoms with van der Waals surface area (Å²) < 4.78 is 0. The smallest absolute Gasteiger partial charge is 0.263 e. The normalized spacial score (nSPS) is 16.2. The minimum Gasteiger partial charge on any atom is -0.397 e. The van der Waals surface area contributed by atoms with Crippen molar-refractivity contribution < 1.29 is 9.59 Å². The highest BCUT2D eigenvalue weighted by atomic mass is 32.1. The van der Waals surface area contributed by atoms with Crippen molar-refractivity contribution in [1.29, 1.82) is 0 Å². The number of hydrogen-bond donors (Lipinski definition) is 3. The number of primary amides is 1. The molecule has 2 amide bonds. The van der Waals surface area contributed by atoms with Crippen molar-refractivity contribution >= 4 is 33.8 Å². The number of hydrogen-bond acceptors (Lipinski definition) is 5. The van der Waals surface area contributed by atoms with Crippen molar-refractivity contribution in [2.75, 3.05) is 30.8 Å². The van der Waals surface area contributed by atoms with Gasteiger partial charge in [0.1, 0.15) is 9.88 Å². The molecule has 1 fully saturated rings. The van der Waals surface area contributed by atoms with Gasteiger partial charge in [-0.15, -0.1) is 11.3 Å². The summed E-state index contributed by atoms with van der Waals surface area (Å²) in [7, 11) is 1.54. The second-order valence-corrected chi connectivity index (χ2v) is 6.14. The predicted octanol–water partition coefficient (Wildman–Crippen LogP) is 1.03. The van der Waals surface area contributed by atoms with E-state index in [-0.39, 0.29) is 17.2 Å². The lowest BCUT2D eigenvalue weighted by molar-refractivity contribution is 0.0967. The first kappa shape index (κ1) is 14.6. The van der Waals surface area contributed by atoms with Gasteiger partial charge in [-0.3, -0.25) is 9.59 Å². The molecule has 1 aliphatic rings. The zero-order valence-corrected chi connectivity index (χ0v) is 12.5. The number of carbonyl (C=O) groups excluding carboxylic acids is 2. The van der Waals surface area contributed by atoms with Gasteiger partial charge in [-0.1, -0.05) is 6.92 Å². The van der Waals surface area contributed by atoms with Crippen molar-refractivity contribution in [3.8, 4) is 0 Å². The maximum absolute atomic E-state index is 11.8. The zero-order valence-electron chi connectivity index (χ0n) is 11.7. The Morgan fingerprint density at radius 1 is 1.35 bits per heavy atom. The summed E-state index contributed by atoms with van der Waals surface area (Å²) in [4.78, 5) is 25.9. The number of piperidine rings is 1. The first-order valence-electron chi connectivity index (χ1n) is 6.64. The molecule has 1 aliphatic heterocycles. The van der Waals surface area contributed by atoms with E-state index in [1.807, 2.05) is 0 Å². The van der Waals surface area contributed by atoms with Crippen molar-refractivity contribution in [3.63, 3.8) is 0 Å². The predicted molar refractivity (Wildman–Crippen MR) is 81.3 cm³/mol. The third-order valence-corrected chi connectivity index (χ3v) is 4.94. The summed E-state index contributed by atoms with van der Waals surface area (Å²) in [6.07, 6.45) is 2.12. The molecule has 110 valence electrons. The van der Waals surface area contributed by atoms with Gasteiger partial charge in [0.25, 0.3) is 11.8 Å². The Kier molecular flexibility index (Phi) is 4.17. The maximum atomic E-state index is 11.8. The number of nitrogens with one attached hydrogen (secondary N) is 1. The topological polar surface area (TPSA) is 101 Å². The Morgan fingerprint density at radius 3 is 2.45 bits per heavy atom. The molecule has 1 saturated heterocycles. The number of amides is 2. The van der Waals surface area contributed by atoms with Crippen LogP contribution in [-0.2, 0) is 0 Å².